The van der Waals surface area contributed by atoms with Crippen LogP contribution in [-0.4, -0.2) is 28.2 Å². The van der Waals surface area contributed by atoms with E-state index in [1.807, 2.05) is 0 Å². The average Bonchev–Trinajstić information content (AvgIpc) is 2.13. The molecule has 0 radical (unpaired) electrons. The van der Waals surface area contributed by atoms with Gasteiger partial charge in [0.25, 0.3) is 0 Å². The van der Waals surface area contributed by atoms with Gasteiger partial charge < -0.3 is 10.5 Å². The van der Waals surface area contributed by atoms with Gasteiger partial charge in [0.15, 0.2) is 4.90 Å². The summed E-state index contributed by atoms with van der Waals surface area (Å²) in [7, 11) is -2.91. The fourth-order valence-corrected chi connectivity index (χ4v) is 2.79. The predicted molar refractivity (Wildman–Crippen MR) is 62.4 cm³/mol. The maximum Gasteiger partial charge on any atom is 0.246 e. The van der Waals surface area contributed by atoms with Gasteiger partial charge in [0.05, 0.1) is 6.61 Å². The maximum atomic E-state index is 13.5. The minimum atomic E-state index is -4.30. The fraction of sp³-hybridized carbons (Fsp3) is 0.400. The Bertz CT molecular complexity index is 511. The number of sulfonamides is 1. The molecule has 0 aliphatic carbocycles. The summed E-state index contributed by atoms with van der Waals surface area (Å²) in [5.41, 5.74) is 5.02. The van der Waals surface area contributed by atoms with Crippen molar-refractivity contribution in [1.29, 1.82) is 0 Å². The Labute approximate surface area is 104 Å². The Morgan fingerprint density at radius 1 is 1.39 bits per heavy atom. The Balaban J connectivity index is 3.13. The van der Waals surface area contributed by atoms with Crippen molar-refractivity contribution in [3.8, 4) is 0 Å². The first-order chi connectivity index (χ1) is 8.27. The SMILES string of the molecule is COCC(C)NS(=O)(=O)c1c(F)cc(N)cc1F. The van der Waals surface area contributed by atoms with E-state index in [2.05, 4.69) is 4.72 Å². The Morgan fingerprint density at radius 2 is 1.89 bits per heavy atom. The van der Waals surface area contributed by atoms with Crippen LogP contribution in [0.1, 0.15) is 6.92 Å². The standard InChI is InChI=1S/C10H14F2N2O3S/c1-6(5-17-2)14-18(15,16)10-8(11)3-7(13)4-9(10)12/h3-4,6,14H,5,13H2,1-2H3. The number of benzene rings is 1. The maximum absolute atomic E-state index is 13.5. The molecule has 18 heavy (non-hydrogen) atoms. The molecule has 0 heterocycles. The Hall–Kier alpha value is -1.25. The fourth-order valence-electron chi connectivity index (χ4n) is 1.44. The second-order valence-corrected chi connectivity index (χ2v) is 5.44. The highest BCUT2D eigenvalue weighted by Gasteiger charge is 2.26. The topological polar surface area (TPSA) is 81.4 Å². The third-order valence-electron chi connectivity index (χ3n) is 2.06. The van der Waals surface area contributed by atoms with Gasteiger partial charge in [-0.2, -0.15) is 0 Å². The second-order valence-electron chi connectivity index (χ2n) is 3.79. The Kier molecular flexibility index (Phi) is 4.60. The summed E-state index contributed by atoms with van der Waals surface area (Å²) in [5, 5.41) is 0. The molecule has 1 atom stereocenters. The molecule has 0 spiro atoms. The number of nitrogen functional groups attached to an aromatic ring is 1. The molecule has 3 N–H and O–H groups in total. The van der Waals surface area contributed by atoms with E-state index < -0.39 is 32.6 Å². The van der Waals surface area contributed by atoms with Crippen molar-refractivity contribution < 1.29 is 21.9 Å². The van der Waals surface area contributed by atoms with Gasteiger partial charge in [-0.05, 0) is 19.1 Å². The van der Waals surface area contributed by atoms with Crippen LogP contribution < -0.4 is 10.5 Å². The van der Waals surface area contributed by atoms with Gasteiger partial charge in [0, 0.05) is 18.8 Å². The van der Waals surface area contributed by atoms with Crippen LogP contribution in [0, 0.1) is 11.6 Å². The van der Waals surface area contributed by atoms with E-state index >= 15 is 0 Å². The van der Waals surface area contributed by atoms with Gasteiger partial charge >= 0.3 is 0 Å². The van der Waals surface area contributed by atoms with E-state index in [4.69, 9.17) is 10.5 Å². The monoisotopic (exact) mass is 280 g/mol. The number of hydrogen-bond acceptors (Lipinski definition) is 4. The summed E-state index contributed by atoms with van der Waals surface area (Å²) in [6, 6.07) is 0.883. The molecule has 0 bridgehead atoms. The molecule has 0 saturated heterocycles. The second kappa shape index (κ2) is 5.59. The van der Waals surface area contributed by atoms with Crippen molar-refractivity contribution in [3.63, 3.8) is 0 Å². The van der Waals surface area contributed by atoms with Gasteiger partial charge in [0.2, 0.25) is 10.0 Å². The number of methoxy groups -OCH3 is 1. The third kappa shape index (κ3) is 3.37. The zero-order valence-electron chi connectivity index (χ0n) is 9.91. The molecule has 0 aromatic heterocycles. The lowest BCUT2D eigenvalue weighted by Gasteiger charge is -2.14. The molecule has 8 heteroatoms. The lowest BCUT2D eigenvalue weighted by atomic mass is 10.3. The van der Waals surface area contributed by atoms with Crippen LogP contribution in [0.3, 0.4) is 0 Å². The largest absolute Gasteiger partial charge is 0.399 e. The normalized spacial score (nSPS) is 13.6. The highest BCUT2D eigenvalue weighted by atomic mass is 32.2. The molecule has 5 nitrogen and oxygen atoms in total. The number of ether oxygens (including phenoxy) is 1. The molecule has 102 valence electrons. The molecule has 0 fully saturated rings. The predicted octanol–water partition coefficient (Wildman–Crippen LogP) is 0.860. The number of hydrogen-bond donors (Lipinski definition) is 2. The number of halogens is 2. The summed E-state index contributed by atoms with van der Waals surface area (Å²) >= 11 is 0. The van der Waals surface area contributed by atoms with Gasteiger partial charge in [-0.25, -0.2) is 21.9 Å². The van der Waals surface area contributed by atoms with Gasteiger partial charge in [-0.1, -0.05) is 0 Å². The summed E-state index contributed by atoms with van der Waals surface area (Å²) in [4.78, 5) is -1.04. The van der Waals surface area contributed by atoms with E-state index in [1.54, 1.807) is 0 Å². The molecular formula is C10H14F2N2O3S. The third-order valence-corrected chi connectivity index (χ3v) is 3.70. The first kappa shape index (κ1) is 14.8. The highest BCUT2D eigenvalue weighted by Crippen LogP contribution is 2.21. The van der Waals surface area contributed by atoms with E-state index in [-0.39, 0.29) is 12.3 Å². The van der Waals surface area contributed by atoms with Crippen LogP contribution in [0.2, 0.25) is 0 Å². The minimum absolute atomic E-state index is 0.0808. The smallest absolute Gasteiger partial charge is 0.246 e. The van der Waals surface area contributed by atoms with E-state index in [9.17, 15) is 17.2 Å². The van der Waals surface area contributed by atoms with Crippen molar-refractivity contribution in [2.24, 2.45) is 0 Å². The lowest BCUT2D eigenvalue weighted by molar-refractivity contribution is 0.180. The van der Waals surface area contributed by atoms with Gasteiger partial charge in [-0.3, -0.25) is 0 Å². The average molecular weight is 280 g/mol. The number of anilines is 1. The molecule has 0 saturated carbocycles. The van der Waals surface area contributed by atoms with Gasteiger partial charge in [0.1, 0.15) is 11.6 Å². The first-order valence-corrected chi connectivity index (χ1v) is 6.52. The minimum Gasteiger partial charge on any atom is -0.399 e. The molecule has 1 aromatic carbocycles. The summed E-state index contributed by atoms with van der Waals surface area (Å²) < 4.78 is 57.3. The van der Waals surface area contributed by atoms with Crippen LogP contribution >= 0.6 is 0 Å². The summed E-state index contributed by atoms with van der Waals surface area (Å²) in [5.74, 6) is -2.46. The molecular weight excluding hydrogens is 266 g/mol. The van der Waals surface area contributed by atoms with Crippen LogP contribution in [0.4, 0.5) is 14.5 Å². The molecule has 0 amide bonds. The number of rotatable bonds is 5. The van der Waals surface area contributed by atoms with E-state index in [0.717, 1.165) is 12.1 Å². The van der Waals surface area contributed by atoms with E-state index in [0.29, 0.717) is 0 Å². The molecule has 0 aliphatic heterocycles. The van der Waals surface area contributed by atoms with E-state index in [1.165, 1.54) is 14.0 Å². The van der Waals surface area contributed by atoms with Crippen LogP contribution in [0.15, 0.2) is 17.0 Å². The quantitative estimate of drug-likeness (QED) is 0.784. The summed E-state index contributed by atoms with van der Waals surface area (Å²) in [6.45, 7) is 1.59. The van der Waals surface area contributed by atoms with Crippen LogP contribution in [0.25, 0.3) is 0 Å². The van der Waals surface area contributed by atoms with Gasteiger partial charge in [-0.15, -0.1) is 0 Å². The lowest BCUT2D eigenvalue weighted by Crippen LogP contribution is -2.36. The van der Waals surface area contributed by atoms with Crippen molar-refractivity contribution in [2.75, 3.05) is 19.5 Å². The zero-order chi connectivity index (χ0) is 13.9. The number of nitrogens with two attached hydrogens (primary N) is 1. The van der Waals surface area contributed by atoms with Crippen molar-refractivity contribution in [2.45, 2.75) is 17.9 Å². The van der Waals surface area contributed by atoms with Crippen molar-refractivity contribution in [3.05, 3.63) is 23.8 Å². The number of nitrogens with one attached hydrogen (secondary N) is 1. The van der Waals surface area contributed by atoms with Crippen molar-refractivity contribution in [1.82, 2.24) is 4.72 Å². The zero-order valence-corrected chi connectivity index (χ0v) is 10.7. The first-order valence-electron chi connectivity index (χ1n) is 5.03. The molecule has 1 unspecified atom stereocenters. The molecule has 0 aliphatic rings. The van der Waals surface area contributed by atoms with Crippen LogP contribution in [-0.2, 0) is 14.8 Å². The molecule has 1 aromatic rings. The molecule has 1 rings (SSSR count). The highest BCUT2D eigenvalue weighted by molar-refractivity contribution is 7.89. The Morgan fingerprint density at radius 3 is 2.33 bits per heavy atom. The van der Waals surface area contributed by atoms with Crippen LogP contribution in [0.5, 0.6) is 0 Å². The summed E-state index contributed by atoms with van der Waals surface area (Å²) in [6.07, 6.45) is 0. The van der Waals surface area contributed by atoms with Crippen molar-refractivity contribution >= 4 is 15.7 Å².